The lowest BCUT2D eigenvalue weighted by molar-refractivity contribution is 0.406. The molecule has 1 aromatic rings. The minimum atomic E-state index is 0.440. The Kier molecular flexibility index (Phi) is 4.57. The molecular weight excluding hydrogens is 302 g/mol. The highest BCUT2D eigenvalue weighted by Gasteiger charge is 2.50. The fraction of sp³-hybridized carbons (Fsp3) is 0.625. The van der Waals surface area contributed by atoms with E-state index in [9.17, 15) is 0 Å². The minimum absolute atomic E-state index is 0.440. The van der Waals surface area contributed by atoms with Gasteiger partial charge in [-0.25, -0.2) is 0 Å². The summed E-state index contributed by atoms with van der Waals surface area (Å²) in [4.78, 5) is 0. The van der Waals surface area contributed by atoms with E-state index in [0.717, 1.165) is 29.1 Å². The summed E-state index contributed by atoms with van der Waals surface area (Å²) in [5, 5.41) is 3.71. The number of methoxy groups -OCH3 is 1. The van der Waals surface area contributed by atoms with Crippen molar-refractivity contribution in [2.75, 3.05) is 13.7 Å². The quantitative estimate of drug-likeness (QED) is 0.828. The largest absolute Gasteiger partial charge is 0.497 e. The van der Waals surface area contributed by atoms with E-state index >= 15 is 0 Å². The highest BCUT2D eigenvalue weighted by atomic mass is 79.9. The first-order valence-electron chi connectivity index (χ1n) is 7.06. The van der Waals surface area contributed by atoms with E-state index in [1.807, 2.05) is 0 Å². The first-order chi connectivity index (χ1) is 8.99. The van der Waals surface area contributed by atoms with Crippen molar-refractivity contribution in [1.82, 2.24) is 5.32 Å². The van der Waals surface area contributed by atoms with Gasteiger partial charge in [-0.2, -0.15) is 0 Å². The highest BCUT2D eigenvalue weighted by molar-refractivity contribution is 9.10. The van der Waals surface area contributed by atoms with Gasteiger partial charge in [-0.3, -0.25) is 0 Å². The Balaban J connectivity index is 2.23. The van der Waals surface area contributed by atoms with Crippen LogP contribution in [0.4, 0.5) is 0 Å². The molecule has 1 N–H and O–H groups in total. The zero-order chi connectivity index (χ0) is 14.0. The van der Waals surface area contributed by atoms with Crippen molar-refractivity contribution in [3.8, 4) is 5.75 Å². The average Bonchev–Trinajstić information content (AvgIpc) is 3.00. The second kappa shape index (κ2) is 5.84. The molecule has 1 aliphatic rings. The van der Waals surface area contributed by atoms with Crippen molar-refractivity contribution in [3.63, 3.8) is 0 Å². The predicted molar refractivity (Wildman–Crippen MR) is 83.6 cm³/mol. The maximum Gasteiger partial charge on any atom is 0.120 e. The Hall–Kier alpha value is -0.540. The number of rotatable bonds is 6. The van der Waals surface area contributed by atoms with E-state index in [1.165, 1.54) is 12.0 Å². The van der Waals surface area contributed by atoms with Crippen LogP contribution in [-0.2, 0) is 0 Å². The number of hydrogen-bond acceptors (Lipinski definition) is 2. The molecule has 2 nitrogen and oxygen atoms in total. The lowest BCUT2D eigenvalue weighted by atomic mass is 9.96. The molecule has 0 bridgehead atoms. The van der Waals surface area contributed by atoms with Crippen LogP contribution in [0.15, 0.2) is 22.7 Å². The lowest BCUT2D eigenvalue weighted by Gasteiger charge is -2.22. The maximum atomic E-state index is 5.28. The lowest BCUT2D eigenvalue weighted by Crippen LogP contribution is -2.25. The Labute approximate surface area is 125 Å². The third-order valence-corrected chi connectivity index (χ3v) is 4.84. The number of halogens is 1. The Morgan fingerprint density at radius 1 is 1.47 bits per heavy atom. The fourth-order valence-electron chi connectivity index (χ4n) is 2.73. The predicted octanol–water partition coefficient (Wildman–Crippen LogP) is 4.54. The van der Waals surface area contributed by atoms with Crippen LogP contribution >= 0.6 is 15.9 Å². The van der Waals surface area contributed by atoms with E-state index in [4.69, 9.17) is 4.74 Å². The summed E-state index contributed by atoms with van der Waals surface area (Å²) < 4.78 is 6.42. The number of ether oxygens (including phenoxy) is 1. The Morgan fingerprint density at radius 3 is 2.63 bits per heavy atom. The average molecular weight is 326 g/mol. The molecule has 0 radical (unpaired) electrons. The molecule has 19 heavy (non-hydrogen) atoms. The third kappa shape index (κ3) is 3.32. The normalized spacial score (nSPS) is 22.1. The van der Waals surface area contributed by atoms with Crippen LogP contribution < -0.4 is 10.1 Å². The first-order valence-corrected chi connectivity index (χ1v) is 7.85. The second-order valence-corrected chi connectivity index (χ2v) is 6.97. The fourth-order valence-corrected chi connectivity index (χ4v) is 3.34. The van der Waals surface area contributed by atoms with Crippen LogP contribution in [0.25, 0.3) is 0 Å². The van der Waals surface area contributed by atoms with E-state index in [1.54, 1.807) is 7.11 Å². The summed E-state index contributed by atoms with van der Waals surface area (Å²) in [5.74, 6) is 1.63. The summed E-state index contributed by atoms with van der Waals surface area (Å²) in [7, 11) is 1.71. The zero-order valence-corrected chi connectivity index (χ0v) is 13.9. The van der Waals surface area contributed by atoms with Crippen LogP contribution in [0.5, 0.6) is 5.75 Å². The molecule has 0 amide bonds. The molecule has 1 aromatic carbocycles. The van der Waals surface area contributed by atoms with Gasteiger partial charge in [0.2, 0.25) is 0 Å². The molecule has 1 aliphatic carbocycles. The molecule has 1 saturated carbocycles. The summed E-state index contributed by atoms with van der Waals surface area (Å²) in [6, 6.07) is 6.74. The molecule has 0 saturated heterocycles. The molecule has 106 valence electrons. The smallest absolute Gasteiger partial charge is 0.120 e. The van der Waals surface area contributed by atoms with Gasteiger partial charge in [-0.05, 0) is 48.4 Å². The molecule has 0 aromatic heterocycles. The van der Waals surface area contributed by atoms with Crippen LogP contribution in [0, 0.1) is 11.3 Å². The van der Waals surface area contributed by atoms with Crippen molar-refractivity contribution >= 4 is 15.9 Å². The SMILES string of the molecule is CCCNC(c1ccc(OC)cc1Br)C1CC1(C)C. The van der Waals surface area contributed by atoms with Gasteiger partial charge in [0.25, 0.3) is 0 Å². The van der Waals surface area contributed by atoms with Crippen LogP contribution in [0.2, 0.25) is 0 Å². The molecular formula is C16H24BrNO. The molecule has 1 fully saturated rings. The molecule has 2 rings (SSSR count). The van der Waals surface area contributed by atoms with Crippen molar-refractivity contribution < 1.29 is 4.74 Å². The monoisotopic (exact) mass is 325 g/mol. The van der Waals surface area contributed by atoms with Gasteiger partial charge in [-0.1, -0.05) is 42.8 Å². The molecule has 0 spiro atoms. The van der Waals surface area contributed by atoms with Crippen LogP contribution in [0.3, 0.4) is 0 Å². The van der Waals surface area contributed by atoms with E-state index < -0.39 is 0 Å². The van der Waals surface area contributed by atoms with Gasteiger partial charge in [-0.15, -0.1) is 0 Å². The second-order valence-electron chi connectivity index (χ2n) is 6.12. The standard InChI is InChI=1S/C16H24BrNO/c1-5-8-18-15(13-10-16(13,2)3)12-7-6-11(19-4)9-14(12)17/h6-7,9,13,15,18H,5,8,10H2,1-4H3. The number of nitrogens with one attached hydrogen (secondary N) is 1. The van der Waals surface area contributed by atoms with Gasteiger partial charge in [0.05, 0.1) is 7.11 Å². The summed E-state index contributed by atoms with van der Waals surface area (Å²) >= 11 is 3.69. The van der Waals surface area contributed by atoms with Gasteiger partial charge in [0.15, 0.2) is 0 Å². The van der Waals surface area contributed by atoms with Crippen LogP contribution in [-0.4, -0.2) is 13.7 Å². The van der Waals surface area contributed by atoms with Gasteiger partial charge in [0, 0.05) is 10.5 Å². The van der Waals surface area contributed by atoms with E-state index in [0.29, 0.717) is 11.5 Å². The molecule has 2 unspecified atom stereocenters. The molecule has 0 heterocycles. The Morgan fingerprint density at radius 2 is 2.16 bits per heavy atom. The zero-order valence-electron chi connectivity index (χ0n) is 12.3. The molecule has 2 atom stereocenters. The van der Waals surface area contributed by atoms with Crippen molar-refractivity contribution in [3.05, 3.63) is 28.2 Å². The summed E-state index contributed by atoms with van der Waals surface area (Å²) in [6.07, 6.45) is 2.46. The van der Waals surface area contributed by atoms with Gasteiger partial charge >= 0.3 is 0 Å². The van der Waals surface area contributed by atoms with Gasteiger partial charge < -0.3 is 10.1 Å². The summed E-state index contributed by atoms with van der Waals surface area (Å²) in [6.45, 7) is 7.99. The van der Waals surface area contributed by atoms with Crippen molar-refractivity contribution in [2.24, 2.45) is 11.3 Å². The van der Waals surface area contributed by atoms with Gasteiger partial charge in [0.1, 0.15) is 5.75 Å². The molecule has 0 aliphatic heterocycles. The molecule has 3 heteroatoms. The van der Waals surface area contributed by atoms with E-state index in [-0.39, 0.29) is 0 Å². The van der Waals surface area contributed by atoms with Crippen molar-refractivity contribution in [2.45, 2.75) is 39.7 Å². The Bertz CT molecular complexity index is 444. The third-order valence-electron chi connectivity index (χ3n) is 4.15. The van der Waals surface area contributed by atoms with Crippen LogP contribution in [0.1, 0.15) is 45.2 Å². The topological polar surface area (TPSA) is 21.3 Å². The first kappa shape index (κ1) is 14.9. The highest BCUT2D eigenvalue weighted by Crippen LogP contribution is 2.58. The number of benzene rings is 1. The van der Waals surface area contributed by atoms with E-state index in [2.05, 4.69) is 60.2 Å². The summed E-state index contributed by atoms with van der Waals surface area (Å²) in [5.41, 5.74) is 1.81. The number of hydrogen-bond donors (Lipinski definition) is 1. The minimum Gasteiger partial charge on any atom is -0.497 e. The van der Waals surface area contributed by atoms with Crippen molar-refractivity contribution in [1.29, 1.82) is 0 Å². The maximum absolute atomic E-state index is 5.28.